The van der Waals surface area contributed by atoms with Crippen LogP contribution in [0.15, 0.2) is 35.4 Å². The van der Waals surface area contributed by atoms with Crippen LogP contribution >= 0.6 is 0 Å². The van der Waals surface area contributed by atoms with E-state index in [0.29, 0.717) is 0 Å². The van der Waals surface area contributed by atoms with Gasteiger partial charge in [0.2, 0.25) is 0 Å². The van der Waals surface area contributed by atoms with Crippen LogP contribution in [0, 0.1) is 10.1 Å². The molecule has 0 bridgehead atoms. The van der Waals surface area contributed by atoms with Crippen molar-refractivity contribution in [1.82, 2.24) is 5.53 Å². The number of hydrogen-bond acceptors (Lipinski definition) is 3. The van der Waals surface area contributed by atoms with Gasteiger partial charge in [0.1, 0.15) is 0 Å². The van der Waals surface area contributed by atoms with Crippen molar-refractivity contribution in [2.24, 2.45) is 5.10 Å². The largest absolute Gasteiger partial charge is 0.339 e. The first-order chi connectivity index (χ1) is 5.79. The highest BCUT2D eigenvalue weighted by atomic mass is 16.7. The second-order valence-electron chi connectivity index (χ2n) is 2.03. The molecule has 1 aromatic rings. The molecule has 1 rings (SSSR count). The van der Waals surface area contributed by atoms with Gasteiger partial charge in [0.25, 0.3) is 0 Å². The Bertz CT molecular complexity index is 284. The predicted molar refractivity (Wildman–Crippen MR) is 44.2 cm³/mol. The lowest BCUT2D eigenvalue weighted by Crippen LogP contribution is -2.14. The van der Waals surface area contributed by atoms with Crippen LogP contribution in [0.4, 0.5) is 0 Å². The monoisotopic (exact) mass is 165 g/mol. The van der Waals surface area contributed by atoms with Gasteiger partial charge < -0.3 is 10.1 Å². The number of nitrogens with zero attached hydrogens (tertiary/aromatic N) is 2. The molecule has 0 spiro atoms. The molecular weight excluding hydrogens is 158 g/mol. The van der Waals surface area contributed by atoms with E-state index < -0.39 is 5.03 Å². The third-order valence-electron chi connectivity index (χ3n) is 1.15. The van der Waals surface area contributed by atoms with Crippen LogP contribution in [0.2, 0.25) is 0 Å². The fourth-order valence-corrected chi connectivity index (χ4v) is 0.690. The van der Waals surface area contributed by atoms with Crippen LogP contribution in [-0.2, 0) is 0 Å². The van der Waals surface area contributed by atoms with Crippen LogP contribution in [-0.4, -0.2) is 11.2 Å². The summed E-state index contributed by atoms with van der Waals surface area (Å²) in [5, 5.41) is 12.4. The number of nitro groups is 1. The third kappa shape index (κ3) is 2.78. The van der Waals surface area contributed by atoms with E-state index in [9.17, 15) is 10.1 Å². The molecule has 0 aliphatic heterocycles. The van der Waals surface area contributed by atoms with Crippen molar-refractivity contribution in [3.05, 3.63) is 46.0 Å². The Hall–Kier alpha value is -1.91. The van der Waals surface area contributed by atoms with E-state index in [-0.39, 0.29) is 0 Å². The van der Waals surface area contributed by atoms with E-state index in [1.165, 1.54) is 6.21 Å². The first-order valence-electron chi connectivity index (χ1n) is 3.27. The molecule has 0 saturated heterocycles. The zero-order chi connectivity index (χ0) is 8.81. The summed E-state index contributed by atoms with van der Waals surface area (Å²) < 4.78 is 0. The minimum Gasteiger partial charge on any atom is -0.339 e. The van der Waals surface area contributed by atoms with Gasteiger partial charge in [-0.25, -0.2) is 0 Å². The molecule has 0 aliphatic carbocycles. The van der Waals surface area contributed by atoms with E-state index in [1.54, 1.807) is 17.7 Å². The first-order valence-corrected chi connectivity index (χ1v) is 3.27. The van der Waals surface area contributed by atoms with Gasteiger partial charge in [-0.05, 0) is 5.53 Å². The molecule has 12 heavy (non-hydrogen) atoms. The summed E-state index contributed by atoms with van der Waals surface area (Å²) in [6.45, 7) is 0. The van der Waals surface area contributed by atoms with E-state index in [1.807, 2.05) is 18.2 Å². The summed E-state index contributed by atoms with van der Waals surface area (Å²) >= 11 is 0. The molecule has 0 unspecified atom stereocenters. The Labute approximate surface area is 68.8 Å². The smallest absolute Gasteiger partial charge is 0.172 e. The fraction of sp³-hybridized carbons (Fsp3) is 0. The Balaban J connectivity index is 2.52. The number of hydrogen-bond donors (Lipinski definition) is 1. The number of rotatable bonds is 3. The maximum absolute atomic E-state index is 9.77. The summed E-state index contributed by atoms with van der Waals surface area (Å²) in [7, 11) is 0. The second-order valence-corrected chi connectivity index (χ2v) is 2.03. The molecule has 5 heteroatoms. The summed E-state index contributed by atoms with van der Waals surface area (Å²) in [6, 6.07) is 9.11. The molecule has 0 fully saturated rings. The molecule has 0 heterocycles. The maximum Gasteiger partial charge on any atom is 0.172 e. The average molecular weight is 165 g/mol. The van der Waals surface area contributed by atoms with Gasteiger partial charge in [-0.3, -0.25) is 0 Å². The molecule has 62 valence electrons. The summed E-state index contributed by atoms with van der Waals surface area (Å²) in [5.41, 5.74) is 2.50. The molecule has 0 radical (unpaired) electrons. The molecule has 0 amide bonds. The summed E-state index contributed by atoms with van der Waals surface area (Å²) in [4.78, 5) is 9.77. The highest BCUT2D eigenvalue weighted by Gasteiger charge is 1.88. The van der Waals surface area contributed by atoms with Gasteiger partial charge in [0.05, 0.1) is 5.03 Å². The van der Waals surface area contributed by atoms with E-state index in [2.05, 4.69) is 5.10 Å². The van der Waals surface area contributed by atoms with Crippen LogP contribution in [0.3, 0.4) is 0 Å². The van der Waals surface area contributed by atoms with Crippen molar-refractivity contribution in [3.63, 3.8) is 0 Å². The normalized spacial score (nSPS) is 10.0. The second kappa shape index (κ2) is 4.07. The summed E-state index contributed by atoms with van der Waals surface area (Å²) in [5.74, 6) is 0. The Morgan fingerprint density at radius 2 is 2.08 bits per heavy atom. The van der Waals surface area contributed by atoms with Crippen molar-refractivity contribution in [2.75, 3.05) is 0 Å². The molecule has 1 aromatic carbocycles. The minimum atomic E-state index is -0.723. The third-order valence-corrected chi connectivity index (χ3v) is 1.15. The zero-order valence-electron chi connectivity index (χ0n) is 6.18. The fourth-order valence-electron chi connectivity index (χ4n) is 0.690. The van der Waals surface area contributed by atoms with Crippen LogP contribution < -0.4 is 5.53 Å². The quantitative estimate of drug-likeness (QED) is 0.409. The average Bonchev–Trinajstić information content (AvgIpc) is 2.05. The van der Waals surface area contributed by atoms with Gasteiger partial charge in [-0.15, -0.1) is 0 Å². The predicted octanol–water partition coefficient (Wildman–Crippen LogP) is 0.802. The van der Waals surface area contributed by atoms with Gasteiger partial charge >= 0.3 is 0 Å². The molecule has 0 saturated carbocycles. The van der Waals surface area contributed by atoms with Crippen molar-refractivity contribution >= 4 is 6.21 Å². The highest BCUT2D eigenvalue weighted by Crippen LogP contribution is 1.92. The molecule has 5 nitrogen and oxygen atoms in total. The van der Waals surface area contributed by atoms with Gasteiger partial charge in [0, 0.05) is 10.7 Å². The van der Waals surface area contributed by atoms with E-state index in [4.69, 9.17) is 0 Å². The lowest BCUT2D eigenvalue weighted by atomic mass is 10.2. The van der Waals surface area contributed by atoms with Crippen LogP contribution in [0.1, 0.15) is 5.56 Å². The number of hydrazine groups is 1. The Kier molecular flexibility index (Phi) is 2.78. The van der Waals surface area contributed by atoms with Gasteiger partial charge in [-0.1, -0.05) is 30.3 Å². The van der Waals surface area contributed by atoms with Crippen molar-refractivity contribution in [3.8, 4) is 0 Å². The lowest BCUT2D eigenvalue weighted by molar-refractivity contribution is -0.544. The van der Waals surface area contributed by atoms with Crippen molar-refractivity contribution < 1.29 is 5.03 Å². The number of nitrogens with one attached hydrogen (secondary N) is 1. The molecule has 0 aromatic heterocycles. The summed E-state index contributed by atoms with van der Waals surface area (Å²) in [6.07, 6.45) is 1.38. The van der Waals surface area contributed by atoms with Gasteiger partial charge in [-0.2, -0.15) is 0 Å². The SMILES string of the molecule is O=[N+]([O-])NN=Cc1ccccc1. The zero-order valence-corrected chi connectivity index (χ0v) is 6.18. The van der Waals surface area contributed by atoms with Crippen molar-refractivity contribution in [1.29, 1.82) is 0 Å². The minimum absolute atomic E-state index is 0.723. The maximum atomic E-state index is 9.77. The number of hydrazone groups is 1. The number of benzene rings is 1. The Morgan fingerprint density at radius 1 is 1.42 bits per heavy atom. The molecular formula is C7H7N3O2. The topological polar surface area (TPSA) is 67.5 Å². The lowest BCUT2D eigenvalue weighted by Gasteiger charge is -1.87. The van der Waals surface area contributed by atoms with Crippen LogP contribution in [0.5, 0.6) is 0 Å². The molecule has 0 atom stereocenters. The van der Waals surface area contributed by atoms with E-state index >= 15 is 0 Å². The van der Waals surface area contributed by atoms with Crippen molar-refractivity contribution in [2.45, 2.75) is 0 Å². The highest BCUT2D eigenvalue weighted by molar-refractivity contribution is 5.78. The van der Waals surface area contributed by atoms with Crippen LogP contribution in [0.25, 0.3) is 0 Å². The molecule has 1 N–H and O–H groups in total. The van der Waals surface area contributed by atoms with E-state index in [0.717, 1.165) is 5.56 Å². The first kappa shape index (κ1) is 8.19. The Morgan fingerprint density at radius 3 is 2.67 bits per heavy atom. The molecule has 0 aliphatic rings. The van der Waals surface area contributed by atoms with Gasteiger partial charge in [0.15, 0.2) is 6.21 Å². The standard InChI is InChI=1S/C7H7N3O2/c11-10(12)9-8-6-7-4-2-1-3-5-7/h1-6,9H.